The first-order valence-corrected chi connectivity index (χ1v) is 5.98. The molecule has 3 rings (SSSR count). The van der Waals surface area contributed by atoms with Crippen molar-refractivity contribution in [1.29, 1.82) is 0 Å². The first-order valence-electron chi connectivity index (χ1n) is 5.98. The second kappa shape index (κ2) is 3.81. The molecule has 2 N–H and O–H groups in total. The van der Waals surface area contributed by atoms with Gasteiger partial charge in [-0.2, -0.15) is 0 Å². The van der Waals surface area contributed by atoms with Crippen molar-refractivity contribution in [3.05, 3.63) is 59.7 Å². The highest BCUT2D eigenvalue weighted by Crippen LogP contribution is 2.43. The van der Waals surface area contributed by atoms with Crippen LogP contribution in [0.4, 0.5) is 4.39 Å². The van der Waals surface area contributed by atoms with E-state index >= 15 is 0 Å². The molecule has 0 amide bonds. The van der Waals surface area contributed by atoms with Crippen LogP contribution in [-0.4, -0.2) is 6.17 Å². The van der Waals surface area contributed by atoms with Gasteiger partial charge in [-0.3, -0.25) is 0 Å². The third-order valence-corrected chi connectivity index (χ3v) is 3.65. The topological polar surface area (TPSA) is 26.0 Å². The van der Waals surface area contributed by atoms with Crippen LogP contribution in [-0.2, 0) is 5.54 Å². The van der Waals surface area contributed by atoms with Gasteiger partial charge in [-0.15, -0.1) is 0 Å². The van der Waals surface area contributed by atoms with E-state index in [-0.39, 0.29) is 11.5 Å². The molecule has 2 aliphatic carbocycles. The lowest BCUT2D eigenvalue weighted by Crippen LogP contribution is -2.19. The fourth-order valence-electron chi connectivity index (χ4n) is 2.26. The molecule has 2 aliphatic rings. The molecule has 2 atom stereocenters. The molecule has 0 saturated heterocycles. The SMILES string of the molecule is NC1(c2ccc(C3C=[C]C=CC3F)cc2)CC1. The number of allylic oxidation sites excluding steroid dienone is 4. The lowest BCUT2D eigenvalue weighted by molar-refractivity contribution is 0.368. The number of rotatable bonds is 2. The number of benzene rings is 1. The van der Waals surface area contributed by atoms with Gasteiger partial charge in [-0.1, -0.05) is 36.4 Å². The van der Waals surface area contributed by atoms with Gasteiger partial charge in [-0.05, 0) is 36.1 Å². The Morgan fingerprint density at radius 1 is 1.24 bits per heavy atom. The summed E-state index contributed by atoms with van der Waals surface area (Å²) in [5.74, 6) is -0.207. The second-order valence-corrected chi connectivity index (χ2v) is 4.94. The largest absolute Gasteiger partial charge is 0.321 e. The van der Waals surface area contributed by atoms with E-state index in [1.54, 1.807) is 18.2 Å². The van der Waals surface area contributed by atoms with Crippen LogP contribution < -0.4 is 5.73 Å². The predicted molar refractivity (Wildman–Crippen MR) is 66.1 cm³/mol. The third kappa shape index (κ3) is 1.93. The van der Waals surface area contributed by atoms with Gasteiger partial charge in [0.1, 0.15) is 6.17 Å². The number of hydrogen-bond donors (Lipinski definition) is 1. The van der Waals surface area contributed by atoms with E-state index in [4.69, 9.17) is 5.73 Å². The minimum Gasteiger partial charge on any atom is -0.321 e. The molecule has 1 fully saturated rings. The molecule has 0 aliphatic heterocycles. The van der Waals surface area contributed by atoms with Crippen LogP contribution in [0.25, 0.3) is 0 Å². The minimum absolute atomic E-state index is 0.109. The van der Waals surface area contributed by atoms with Crippen LogP contribution in [0.1, 0.15) is 29.9 Å². The van der Waals surface area contributed by atoms with Crippen molar-refractivity contribution in [2.75, 3.05) is 0 Å². The lowest BCUT2D eigenvalue weighted by Gasteiger charge is -2.18. The van der Waals surface area contributed by atoms with Crippen LogP contribution in [0, 0.1) is 6.08 Å². The summed E-state index contributed by atoms with van der Waals surface area (Å²) >= 11 is 0. The van der Waals surface area contributed by atoms with Crippen molar-refractivity contribution in [3.63, 3.8) is 0 Å². The molecule has 0 heterocycles. The molecule has 2 heteroatoms. The smallest absolute Gasteiger partial charge is 0.129 e. The van der Waals surface area contributed by atoms with Crippen molar-refractivity contribution in [2.45, 2.75) is 30.5 Å². The molecule has 17 heavy (non-hydrogen) atoms. The second-order valence-electron chi connectivity index (χ2n) is 4.94. The molecule has 1 nitrogen and oxygen atoms in total. The van der Waals surface area contributed by atoms with E-state index in [1.165, 1.54) is 0 Å². The van der Waals surface area contributed by atoms with Crippen LogP contribution in [0.3, 0.4) is 0 Å². The molecule has 1 radical (unpaired) electrons. The van der Waals surface area contributed by atoms with E-state index in [0.29, 0.717) is 0 Å². The Hall–Kier alpha value is -1.41. The molecular formula is C15H15FN. The quantitative estimate of drug-likeness (QED) is 0.827. The summed E-state index contributed by atoms with van der Waals surface area (Å²) in [7, 11) is 0. The standard InChI is InChI=1S/C15H15FN/c16-14-4-2-1-3-13(14)11-5-7-12(8-6-11)15(17)9-10-15/h2-8,13-14H,9-10,17H2. The summed E-state index contributed by atoms with van der Waals surface area (Å²) in [5, 5.41) is 0. The van der Waals surface area contributed by atoms with Crippen molar-refractivity contribution < 1.29 is 4.39 Å². The van der Waals surface area contributed by atoms with E-state index in [1.807, 2.05) is 24.3 Å². The van der Waals surface area contributed by atoms with Crippen molar-refractivity contribution in [2.24, 2.45) is 5.73 Å². The van der Waals surface area contributed by atoms with E-state index in [0.717, 1.165) is 24.0 Å². The summed E-state index contributed by atoms with van der Waals surface area (Å²) in [4.78, 5) is 0. The number of nitrogens with two attached hydrogens (primary N) is 1. The van der Waals surface area contributed by atoms with Crippen molar-refractivity contribution in [1.82, 2.24) is 0 Å². The zero-order valence-corrected chi connectivity index (χ0v) is 9.57. The first-order chi connectivity index (χ1) is 8.19. The van der Waals surface area contributed by atoms with E-state index in [2.05, 4.69) is 6.08 Å². The Kier molecular flexibility index (Phi) is 2.40. The Labute approximate surface area is 101 Å². The summed E-state index contributed by atoms with van der Waals surface area (Å²) in [5.41, 5.74) is 8.16. The maximum atomic E-state index is 13.7. The zero-order chi connectivity index (χ0) is 11.9. The highest BCUT2D eigenvalue weighted by molar-refractivity contribution is 5.36. The number of alkyl halides is 1. The number of hydrogen-bond acceptors (Lipinski definition) is 1. The fourth-order valence-corrected chi connectivity index (χ4v) is 2.26. The maximum absolute atomic E-state index is 13.7. The molecule has 0 bridgehead atoms. The Balaban J connectivity index is 1.85. The molecule has 2 unspecified atom stereocenters. The van der Waals surface area contributed by atoms with E-state index in [9.17, 15) is 4.39 Å². The molecule has 1 aromatic rings. The Morgan fingerprint density at radius 2 is 1.94 bits per heavy atom. The lowest BCUT2D eigenvalue weighted by atomic mass is 9.90. The third-order valence-electron chi connectivity index (χ3n) is 3.65. The molecule has 0 spiro atoms. The van der Waals surface area contributed by atoms with Gasteiger partial charge in [0.2, 0.25) is 0 Å². The van der Waals surface area contributed by atoms with Gasteiger partial charge in [0.25, 0.3) is 0 Å². The van der Waals surface area contributed by atoms with Crippen LogP contribution >= 0.6 is 0 Å². The monoisotopic (exact) mass is 228 g/mol. The minimum atomic E-state index is -0.949. The van der Waals surface area contributed by atoms with E-state index < -0.39 is 6.17 Å². The summed E-state index contributed by atoms with van der Waals surface area (Å²) < 4.78 is 13.7. The Morgan fingerprint density at radius 3 is 2.53 bits per heavy atom. The van der Waals surface area contributed by atoms with Gasteiger partial charge in [0.05, 0.1) is 0 Å². The Bertz CT molecular complexity index is 468. The van der Waals surface area contributed by atoms with Gasteiger partial charge >= 0.3 is 0 Å². The summed E-state index contributed by atoms with van der Waals surface area (Å²) in [6.07, 6.45) is 9.07. The first kappa shape index (κ1) is 10.7. The molecule has 1 saturated carbocycles. The van der Waals surface area contributed by atoms with Crippen molar-refractivity contribution in [3.8, 4) is 0 Å². The average molecular weight is 228 g/mol. The summed E-state index contributed by atoms with van der Waals surface area (Å²) in [6, 6.07) is 8.02. The van der Waals surface area contributed by atoms with Gasteiger partial charge in [-0.25, -0.2) is 4.39 Å². The van der Waals surface area contributed by atoms with Gasteiger partial charge < -0.3 is 5.73 Å². The molecule has 87 valence electrons. The molecule has 1 aromatic carbocycles. The predicted octanol–water partition coefficient (Wildman–Crippen LogP) is 2.99. The highest BCUT2D eigenvalue weighted by atomic mass is 19.1. The average Bonchev–Trinajstić information content (AvgIpc) is 3.10. The van der Waals surface area contributed by atoms with Crippen LogP contribution in [0.15, 0.2) is 42.5 Å². The summed E-state index contributed by atoms with van der Waals surface area (Å²) in [6.45, 7) is 0. The fraction of sp³-hybridized carbons (Fsp3) is 0.333. The molecular weight excluding hydrogens is 213 g/mol. The van der Waals surface area contributed by atoms with Crippen LogP contribution in [0.2, 0.25) is 0 Å². The maximum Gasteiger partial charge on any atom is 0.129 e. The van der Waals surface area contributed by atoms with Gasteiger partial charge in [0, 0.05) is 11.5 Å². The van der Waals surface area contributed by atoms with Crippen LogP contribution in [0.5, 0.6) is 0 Å². The van der Waals surface area contributed by atoms with Gasteiger partial charge in [0.15, 0.2) is 0 Å². The zero-order valence-electron chi connectivity index (χ0n) is 9.57. The number of halogens is 1. The normalized spacial score (nSPS) is 29.3. The molecule has 0 aromatic heterocycles. The highest BCUT2D eigenvalue weighted by Gasteiger charge is 2.39. The van der Waals surface area contributed by atoms with Crippen molar-refractivity contribution >= 4 is 0 Å².